The van der Waals surface area contributed by atoms with Gasteiger partial charge in [0.1, 0.15) is 12.0 Å². The molecule has 2 fully saturated rings. The van der Waals surface area contributed by atoms with Crippen molar-refractivity contribution in [3.63, 3.8) is 0 Å². The summed E-state index contributed by atoms with van der Waals surface area (Å²) in [6.45, 7) is 4.42. The molecule has 9 heteroatoms. The van der Waals surface area contributed by atoms with Crippen molar-refractivity contribution in [2.45, 2.75) is 18.5 Å². The highest BCUT2D eigenvalue weighted by Gasteiger charge is 2.40. The fourth-order valence-corrected chi connectivity index (χ4v) is 4.57. The van der Waals surface area contributed by atoms with E-state index >= 15 is 0 Å². The van der Waals surface area contributed by atoms with Crippen LogP contribution in [0.3, 0.4) is 0 Å². The lowest BCUT2D eigenvalue weighted by molar-refractivity contribution is -0.0129. The number of amides is 1. The molecule has 1 aromatic heterocycles. The Morgan fingerprint density at radius 1 is 1.38 bits per heavy atom. The van der Waals surface area contributed by atoms with Crippen LogP contribution in [0.15, 0.2) is 16.7 Å². The van der Waals surface area contributed by atoms with E-state index in [4.69, 9.17) is 14.9 Å². The predicted octanol–water partition coefficient (Wildman–Crippen LogP) is 1.52. The lowest BCUT2D eigenvalue weighted by Gasteiger charge is -2.43. The summed E-state index contributed by atoms with van der Waals surface area (Å²) in [5.74, 6) is 2.75. The molecule has 0 aromatic carbocycles. The van der Waals surface area contributed by atoms with Gasteiger partial charge in [0.05, 0.1) is 25.3 Å². The van der Waals surface area contributed by atoms with Crippen LogP contribution in [0.25, 0.3) is 0 Å². The third-order valence-electron chi connectivity index (χ3n) is 4.46. The number of nitrogens with zero attached hydrogens (tertiary/aromatic N) is 1. The molecule has 2 aliphatic rings. The molecule has 0 spiro atoms. The van der Waals surface area contributed by atoms with E-state index in [1.807, 2.05) is 11.8 Å². The molecular formula is C15H25Cl2N3O3S. The maximum absolute atomic E-state index is 12.3. The first-order valence-electron chi connectivity index (χ1n) is 7.70. The van der Waals surface area contributed by atoms with Crippen LogP contribution in [0.4, 0.5) is 0 Å². The first kappa shape index (κ1) is 21.6. The van der Waals surface area contributed by atoms with E-state index in [0.29, 0.717) is 24.4 Å². The van der Waals surface area contributed by atoms with Crippen molar-refractivity contribution in [2.24, 2.45) is 5.73 Å². The number of hydrogen-bond acceptors (Lipinski definition) is 6. The fourth-order valence-electron chi connectivity index (χ4n) is 3.09. The van der Waals surface area contributed by atoms with Gasteiger partial charge < -0.3 is 20.2 Å². The van der Waals surface area contributed by atoms with E-state index < -0.39 is 0 Å². The van der Waals surface area contributed by atoms with Gasteiger partial charge in [0.25, 0.3) is 5.91 Å². The minimum Gasteiger partial charge on any atom is -0.467 e. The largest absolute Gasteiger partial charge is 0.467 e. The molecule has 1 aromatic rings. The molecule has 138 valence electrons. The van der Waals surface area contributed by atoms with Crippen molar-refractivity contribution in [3.8, 4) is 0 Å². The van der Waals surface area contributed by atoms with Gasteiger partial charge in [-0.3, -0.25) is 9.69 Å². The molecule has 1 amide bonds. The molecule has 1 atom stereocenters. The van der Waals surface area contributed by atoms with Crippen LogP contribution >= 0.6 is 36.6 Å². The standard InChI is InChI=1S/C15H23N3O3S.2ClH/c16-8-13-7-12(9-21-13)14(19)17-10-15(1-6-22-11-15)18-2-4-20-5-3-18;;/h7,9H,1-6,8,10-11,16H2,(H,17,19);2*1H. The fraction of sp³-hybridized carbons (Fsp3) is 0.667. The third kappa shape index (κ3) is 4.80. The summed E-state index contributed by atoms with van der Waals surface area (Å²) in [5, 5.41) is 3.08. The highest BCUT2D eigenvalue weighted by atomic mass is 35.5. The predicted molar refractivity (Wildman–Crippen MR) is 100 cm³/mol. The van der Waals surface area contributed by atoms with Gasteiger partial charge in [0, 0.05) is 30.9 Å². The molecule has 1 unspecified atom stereocenters. The second kappa shape index (κ2) is 9.89. The Balaban J connectivity index is 0.00000144. The molecule has 0 saturated carbocycles. The van der Waals surface area contributed by atoms with Crippen molar-refractivity contribution in [3.05, 3.63) is 23.7 Å². The monoisotopic (exact) mass is 397 g/mol. The highest BCUT2D eigenvalue weighted by Crippen LogP contribution is 2.33. The summed E-state index contributed by atoms with van der Waals surface area (Å²) in [6.07, 6.45) is 2.58. The highest BCUT2D eigenvalue weighted by molar-refractivity contribution is 7.99. The summed E-state index contributed by atoms with van der Waals surface area (Å²) >= 11 is 1.96. The van der Waals surface area contributed by atoms with Gasteiger partial charge in [-0.1, -0.05) is 0 Å². The zero-order valence-corrected chi connectivity index (χ0v) is 15.9. The molecule has 3 rings (SSSR count). The summed E-state index contributed by atoms with van der Waals surface area (Å²) in [6, 6.07) is 1.71. The molecule has 0 bridgehead atoms. The maximum Gasteiger partial charge on any atom is 0.254 e. The van der Waals surface area contributed by atoms with Crippen molar-refractivity contribution in [1.29, 1.82) is 0 Å². The second-order valence-electron chi connectivity index (χ2n) is 5.81. The molecule has 3 N–H and O–H groups in total. The Labute approximate surface area is 159 Å². The van der Waals surface area contributed by atoms with Crippen molar-refractivity contribution in [2.75, 3.05) is 44.4 Å². The number of nitrogens with two attached hydrogens (primary N) is 1. The zero-order valence-electron chi connectivity index (χ0n) is 13.5. The van der Waals surface area contributed by atoms with Crippen LogP contribution < -0.4 is 11.1 Å². The van der Waals surface area contributed by atoms with Crippen molar-refractivity contribution >= 4 is 42.5 Å². The van der Waals surface area contributed by atoms with E-state index in [2.05, 4.69) is 10.2 Å². The molecule has 0 radical (unpaired) electrons. The lowest BCUT2D eigenvalue weighted by Crippen LogP contribution is -2.59. The third-order valence-corrected chi connectivity index (χ3v) is 5.69. The number of ether oxygens (including phenoxy) is 1. The van der Waals surface area contributed by atoms with Crippen LogP contribution in [0, 0.1) is 0 Å². The number of morpholine rings is 1. The summed E-state index contributed by atoms with van der Waals surface area (Å²) in [5.41, 5.74) is 6.11. The first-order valence-corrected chi connectivity index (χ1v) is 8.85. The van der Waals surface area contributed by atoms with E-state index in [1.54, 1.807) is 6.07 Å². The number of nitrogens with one attached hydrogen (secondary N) is 1. The normalized spacial score (nSPS) is 24.0. The average molecular weight is 398 g/mol. The molecule has 0 aliphatic carbocycles. The van der Waals surface area contributed by atoms with Gasteiger partial charge >= 0.3 is 0 Å². The number of carbonyl (C=O) groups is 1. The Morgan fingerprint density at radius 2 is 2.12 bits per heavy atom. The Hall–Kier alpha value is -0.440. The first-order chi connectivity index (χ1) is 10.7. The Kier molecular flexibility index (Phi) is 8.90. The number of furan rings is 1. The Bertz CT molecular complexity index is 518. The second-order valence-corrected chi connectivity index (χ2v) is 6.92. The van der Waals surface area contributed by atoms with E-state index in [-0.39, 0.29) is 36.3 Å². The minimum absolute atomic E-state index is 0. The topological polar surface area (TPSA) is 80.7 Å². The lowest BCUT2D eigenvalue weighted by atomic mass is 9.95. The molecule has 3 heterocycles. The Morgan fingerprint density at radius 3 is 2.71 bits per heavy atom. The van der Waals surface area contributed by atoms with Gasteiger partial charge in [-0.15, -0.1) is 24.8 Å². The number of carbonyl (C=O) groups excluding carboxylic acids is 1. The number of halogens is 2. The summed E-state index contributed by atoms with van der Waals surface area (Å²) < 4.78 is 10.7. The number of hydrogen-bond donors (Lipinski definition) is 2. The van der Waals surface area contributed by atoms with Crippen LogP contribution in [0.1, 0.15) is 22.5 Å². The molecule has 6 nitrogen and oxygen atoms in total. The summed E-state index contributed by atoms with van der Waals surface area (Å²) in [4.78, 5) is 14.8. The number of thioether (sulfide) groups is 1. The van der Waals surface area contributed by atoms with Gasteiger partial charge in [0.15, 0.2) is 0 Å². The van der Waals surface area contributed by atoms with Crippen LogP contribution in [0.5, 0.6) is 0 Å². The molecular weight excluding hydrogens is 373 g/mol. The molecule has 2 aliphatic heterocycles. The average Bonchev–Trinajstić information content (AvgIpc) is 3.23. The molecule has 24 heavy (non-hydrogen) atoms. The van der Waals surface area contributed by atoms with E-state index in [1.165, 1.54) is 6.26 Å². The zero-order chi connectivity index (χ0) is 15.4. The summed E-state index contributed by atoms with van der Waals surface area (Å²) in [7, 11) is 0. The van der Waals surface area contributed by atoms with Crippen LogP contribution in [-0.4, -0.2) is 60.7 Å². The maximum atomic E-state index is 12.3. The smallest absolute Gasteiger partial charge is 0.254 e. The van der Waals surface area contributed by atoms with Gasteiger partial charge in [-0.25, -0.2) is 0 Å². The van der Waals surface area contributed by atoms with E-state index in [0.717, 1.165) is 44.2 Å². The number of rotatable bonds is 5. The van der Waals surface area contributed by atoms with Crippen LogP contribution in [-0.2, 0) is 11.3 Å². The minimum atomic E-state index is -0.0898. The molecule has 2 saturated heterocycles. The van der Waals surface area contributed by atoms with Gasteiger partial charge in [0.2, 0.25) is 0 Å². The quantitative estimate of drug-likeness (QED) is 0.783. The SMILES string of the molecule is Cl.Cl.NCc1cc(C(=O)NCC2(N3CCOCC3)CCSC2)co1. The van der Waals surface area contributed by atoms with Crippen molar-refractivity contribution in [1.82, 2.24) is 10.2 Å². The van der Waals surface area contributed by atoms with Crippen LogP contribution in [0.2, 0.25) is 0 Å². The van der Waals surface area contributed by atoms with E-state index in [9.17, 15) is 4.79 Å². The van der Waals surface area contributed by atoms with Gasteiger partial charge in [-0.2, -0.15) is 11.8 Å². The van der Waals surface area contributed by atoms with Gasteiger partial charge in [-0.05, 0) is 18.2 Å². The van der Waals surface area contributed by atoms with Crippen molar-refractivity contribution < 1.29 is 13.9 Å².